The Labute approximate surface area is 867 Å². The number of carbonyl (C=O) groups is 2. The lowest BCUT2D eigenvalue weighted by molar-refractivity contribution is -0.124. The summed E-state index contributed by atoms with van der Waals surface area (Å²) in [4.78, 5) is 50.0. The molecule has 4 nitrogen and oxygen atoms in total. The monoisotopic (exact) mass is 2000 g/mol. The molecule has 2 aliphatic rings. The molecule has 8 aromatic rings. The zero-order chi connectivity index (χ0) is 95.5. The minimum atomic E-state index is 0.0459. The van der Waals surface area contributed by atoms with E-state index >= 15 is 9.59 Å². The number of amides is 2. The molecule has 12 heteroatoms. The standard InChI is InChI=1S/C124H198N2O2S8/c1-9-15-21-27-33-39-45-49-53-55-59-65-71-77-83-89-103-115(108-97-101(100(8)130-108)87-81-75-69-63-43-37-31-25-19-13-5)133-119-117(103)135-122-120-118(136-121(119)122)104(90-84-78-72-66-60-56-54-50-46-40-34-28-22-16-10-2)116(134-120)109-98-102(88-82-76-70-64-44-38-32-26-20-14-6)114(132-109)107-94-93-106(131-107)113-111-110(123(127)126(113)96-86-80-74-68-62-58-52-48-42-36-30-24-18-12-4)112(105-92-91-99(7)129-105)125(124(111)128)95-85-79-73-67-61-57-51-47-41-35-29-23-17-11-3/h91-94,97-98H,9-90,95-96H2,1-8H3. The van der Waals surface area contributed by atoms with Crippen LogP contribution in [0.3, 0.4) is 0 Å². The Morgan fingerprint density at radius 3 is 0.750 bits per heavy atom. The van der Waals surface area contributed by atoms with Crippen LogP contribution < -0.4 is 0 Å². The minimum absolute atomic E-state index is 0.0459. The highest BCUT2D eigenvalue weighted by Gasteiger charge is 2.49. The van der Waals surface area contributed by atoms with Gasteiger partial charge in [-0.1, -0.05) is 504 Å². The Bertz CT molecular complexity index is 4540. The molecule has 0 aromatic carbocycles. The van der Waals surface area contributed by atoms with E-state index in [0.29, 0.717) is 24.2 Å². The van der Waals surface area contributed by atoms with Gasteiger partial charge in [0.25, 0.3) is 11.8 Å². The minimum Gasteiger partial charge on any atom is -0.306 e. The average molecular weight is 2010 g/mol. The smallest absolute Gasteiger partial charge is 0.261 e. The molecule has 0 fully saturated rings. The van der Waals surface area contributed by atoms with E-state index in [4.69, 9.17) is 0 Å². The maximum Gasteiger partial charge on any atom is 0.261 e. The first-order valence-electron chi connectivity index (χ1n) is 59.1. The van der Waals surface area contributed by atoms with Crippen molar-refractivity contribution in [3.63, 3.8) is 0 Å². The number of carbonyl (C=O) groups excluding carboxylic acids is 2. The van der Waals surface area contributed by atoms with Crippen LogP contribution in [0.25, 0.3) is 68.9 Å². The first kappa shape index (κ1) is 115. The number of nitrogens with zero attached hydrogens (tertiary/aromatic N) is 2. The summed E-state index contributed by atoms with van der Waals surface area (Å²) in [5, 5.41) is 0. The molecule has 0 unspecified atom stereocenters. The predicted molar refractivity (Wildman–Crippen MR) is 620 cm³/mol. The second kappa shape index (κ2) is 70.5. The van der Waals surface area contributed by atoms with Crippen LogP contribution in [0.15, 0.2) is 47.5 Å². The topological polar surface area (TPSA) is 40.6 Å². The number of thiophene rings is 8. The molecule has 0 aliphatic carbocycles. The van der Waals surface area contributed by atoms with E-state index in [-0.39, 0.29) is 11.8 Å². The lowest BCUT2D eigenvalue weighted by atomic mass is 10.0. The van der Waals surface area contributed by atoms with Crippen LogP contribution in [0.2, 0.25) is 0 Å². The molecule has 0 N–H and O–H groups in total. The molecular weight excluding hydrogens is 1810 g/mol. The molecule has 10 heterocycles. The summed E-state index contributed by atoms with van der Waals surface area (Å²) in [5.41, 5.74) is 9.53. The summed E-state index contributed by atoms with van der Waals surface area (Å²) in [6.07, 6.45) is 110. The van der Waals surface area contributed by atoms with Crippen LogP contribution in [0.5, 0.6) is 0 Å². The molecule has 136 heavy (non-hydrogen) atoms. The van der Waals surface area contributed by atoms with Crippen molar-refractivity contribution in [2.45, 2.75) is 582 Å². The van der Waals surface area contributed by atoms with Gasteiger partial charge in [-0.25, -0.2) is 0 Å². The third-order valence-corrected chi connectivity index (χ3v) is 41.2. The summed E-state index contributed by atoms with van der Waals surface area (Å²) in [7, 11) is 0. The van der Waals surface area contributed by atoms with Crippen LogP contribution >= 0.6 is 90.7 Å². The van der Waals surface area contributed by atoms with Gasteiger partial charge >= 0.3 is 0 Å². The Kier molecular flexibility index (Phi) is 59.5. The Balaban J connectivity index is 0.961. The second-order valence-electron chi connectivity index (χ2n) is 42.5. The molecule has 10 rings (SSSR count). The van der Waals surface area contributed by atoms with E-state index in [1.165, 1.54) is 518 Å². The van der Waals surface area contributed by atoms with E-state index < -0.39 is 0 Å². The predicted octanol–water partition coefficient (Wildman–Crippen LogP) is 45.8. The molecule has 2 amide bonds. The van der Waals surface area contributed by atoms with Gasteiger partial charge in [0.05, 0.1) is 60.5 Å². The molecule has 0 atom stereocenters. The second-order valence-corrected chi connectivity index (χ2v) is 51.3. The number of fused-ring (bicyclic) bond motifs is 6. The lowest BCUT2D eigenvalue weighted by Gasteiger charge is -2.24. The Morgan fingerprint density at radius 1 is 0.206 bits per heavy atom. The maximum atomic E-state index is 16.0. The fourth-order valence-electron chi connectivity index (χ4n) is 22.0. The quantitative estimate of drug-likeness (QED) is 0.0357. The van der Waals surface area contributed by atoms with E-state index in [1.807, 2.05) is 11.3 Å². The molecule has 0 radical (unpaired) electrons. The Morgan fingerprint density at radius 2 is 0.449 bits per heavy atom. The zero-order valence-corrected chi connectivity index (χ0v) is 95.4. The van der Waals surface area contributed by atoms with E-state index in [1.54, 1.807) is 70.9 Å². The summed E-state index contributed by atoms with van der Waals surface area (Å²) in [6.45, 7) is 19.9. The van der Waals surface area contributed by atoms with Crippen molar-refractivity contribution in [3.8, 4) is 29.3 Å². The SMILES string of the molecule is CCCCCCCCCCCCCCCCCc1c(-c2cc(CCCCCCCCCCCC)c(C)s2)sc2c1sc1c3sc(-c4cc(CCCCCCCCCCCC)c(-c5ccc(C6=C7C(=O)N(CCCCCCCCCCCCCCCC)C(c8ccc(C)s8)=C7C(=O)N6CCCCCCCCCCCCCCCC)s5)s4)c(CCCCCCCCCCCCCCCCC)c3sc21. The highest BCUT2D eigenvalue weighted by atomic mass is 32.1. The van der Waals surface area contributed by atoms with E-state index in [2.05, 4.69) is 170 Å². The number of hydrogen-bond acceptors (Lipinski definition) is 10. The molecule has 2 aliphatic heterocycles. The number of unbranched alkanes of at least 4 members (excludes halogenated alkanes) is 72. The van der Waals surface area contributed by atoms with E-state index in [0.717, 1.165) is 59.7 Å². The highest BCUT2D eigenvalue weighted by Crippen LogP contribution is 2.59. The third kappa shape index (κ3) is 39.3. The van der Waals surface area contributed by atoms with Gasteiger partial charge < -0.3 is 9.80 Å². The molecule has 0 spiro atoms. The van der Waals surface area contributed by atoms with Gasteiger partial charge in [-0.2, -0.15) is 0 Å². The highest BCUT2D eigenvalue weighted by molar-refractivity contribution is 7.46. The number of aryl methyl sites for hydroxylation is 6. The van der Waals surface area contributed by atoms with Gasteiger partial charge in [0.2, 0.25) is 0 Å². The van der Waals surface area contributed by atoms with Crippen LogP contribution in [-0.4, -0.2) is 34.7 Å². The van der Waals surface area contributed by atoms with Crippen molar-refractivity contribution < 1.29 is 9.59 Å². The summed E-state index contributed by atoms with van der Waals surface area (Å²) >= 11 is 16.5. The van der Waals surface area contributed by atoms with Gasteiger partial charge in [-0.3, -0.25) is 9.59 Å². The average Bonchev–Trinajstić information content (AvgIpc) is 1.56. The molecule has 0 saturated carbocycles. The van der Waals surface area contributed by atoms with Gasteiger partial charge in [0.1, 0.15) is 0 Å². The normalized spacial score (nSPS) is 13.2. The van der Waals surface area contributed by atoms with Gasteiger partial charge in [0.15, 0.2) is 0 Å². The van der Waals surface area contributed by atoms with Gasteiger partial charge in [-0.15, -0.1) is 90.7 Å². The number of hydrogen-bond donors (Lipinski definition) is 0. The third-order valence-electron chi connectivity index (χ3n) is 30.6. The molecule has 0 bridgehead atoms. The summed E-state index contributed by atoms with van der Waals surface area (Å²) < 4.78 is 9.48. The van der Waals surface area contributed by atoms with Gasteiger partial charge in [-0.05, 0) is 137 Å². The first-order chi connectivity index (χ1) is 67.1. The van der Waals surface area contributed by atoms with Gasteiger partial charge in [0, 0.05) is 52.1 Å². The fourth-order valence-corrected chi connectivity index (χ4v) is 33.0. The molecule has 764 valence electrons. The maximum absolute atomic E-state index is 16.0. The summed E-state index contributed by atoms with van der Waals surface area (Å²) in [6, 6.07) is 14.5. The molecule has 8 aromatic heterocycles. The van der Waals surface area contributed by atoms with Crippen molar-refractivity contribution in [2.75, 3.05) is 13.1 Å². The van der Waals surface area contributed by atoms with Crippen LogP contribution in [0.4, 0.5) is 0 Å². The molecular formula is C124H198N2O2S8. The Hall–Kier alpha value is -3.20. The molecule has 0 saturated heterocycles. The summed E-state index contributed by atoms with van der Waals surface area (Å²) in [5.74, 6) is 0.0919. The van der Waals surface area contributed by atoms with Crippen molar-refractivity contribution in [2.24, 2.45) is 0 Å². The number of rotatable bonds is 89. The lowest BCUT2D eigenvalue weighted by Crippen LogP contribution is -2.30. The van der Waals surface area contributed by atoms with Crippen molar-refractivity contribution in [3.05, 3.63) is 89.3 Å². The van der Waals surface area contributed by atoms with Crippen molar-refractivity contribution in [1.29, 1.82) is 0 Å². The van der Waals surface area contributed by atoms with Crippen LogP contribution in [0.1, 0.15) is 584 Å². The largest absolute Gasteiger partial charge is 0.306 e. The van der Waals surface area contributed by atoms with Crippen LogP contribution in [0, 0.1) is 13.8 Å². The van der Waals surface area contributed by atoms with E-state index in [9.17, 15) is 0 Å². The van der Waals surface area contributed by atoms with Crippen molar-refractivity contribution >= 4 is 142 Å². The van der Waals surface area contributed by atoms with Crippen LogP contribution in [-0.2, 0) is 35.3 Å². The first-order valence-corrected chi connectivity index (χ1v) is 65.6. The van der Waals surface area contributed by atoms with Crippen molar-refractivity contribution in [1.82, 2.24) is 9.80 Å². The zero-order valence-electron chi connectivity index (χ0n) is 88.8. The fraction of sp³-hybridized carbons (Fsp3) is 0.742.